The number of rotatable bonds is 0. The normalized spacial score (nSPS) is 23.8. The lowest BCUT2D eigenvalue weighted by atomic mass is 10.0. The number of fused-ring (bicyclic) bond motifs is 1. The summed E-state index contributed by atoms with van der Waals surface area (Å²) in [5.41, 5.74) is 1.76. The fourth-order valence-electron chi connectivity index (χ4n) is 5.39. The van der Waals surface area contributed by atoms with Gasteiger partial charge in [-0.15, -0.1) is 0 Å². The monoisotopic (exact) mass is 613 g/mol. The average molecular weight is 613 g/mol. The molecular formula is C39H74N5+5. The summed E-state index contributed by atoms with van der Waals surface area (Å²) in [7, 11) is 2.38. The number of quaternary nitrogens is 2. The highest BCUT2D eigenvalue weighted by atomic mass is 15.8. The molecule has 5 nitrogen and oxygen atoms in total. The Hall–Kier alpha value is -2.11. The molecule has 0 atom stereocenters. The first-order chi connectivity index (χ1) is 19.7. The lowest BCUT2D eigenvalue weighted by Gasteiger charge is -2.52. The van der Waals surface area contributed by atoms with E-state index in [9.17, 15) is 0 Å². The Morgan fingerprint density at radius 3 is 1.34 bits per heavy atom. The summed E-state index contributed by atoms with van der Waals surface area (Å²) in [5, 5.41) is 0. The minimum absolute atomic E-state index is 0.210. The van der Waals surface area contributed by atoms with Crippen molar-refractivity contribution in [2.24, 2.45) is 5.41 Å². The van der Waals surface area contributed by atoms with E-state index in [2.05, 4.69) is 181 Å². The molecule has 0 spiro atoms. The predicted octanol–water partition coefficient (Wildman–Crippen LogP) is 8.00. The minimum atomic E-state index is 0.210. The summed E-state index contributed by atoms with van der Waals surface area (Å²) in [6.07, 6.45) is 18.2. The highest BCUT2D eigenvalue weighted by molar-refractivity contribution is 5.67. The van der Waals surface area contributed by atoms with E-state index in [0.717, 1.165) is 13.0 Å². The highest BCUT2D eigenvalue weighted by Crippen LogP contribution is 2.42. The zero-order chi connectivity index (χ0) is 34.3. The van der Waals surface area contributed by atoms with Gasteiger partial charge in [0, 0.05) is 66.2 Å². The molecule has 0 aliphatic carbocycles. The largest absolute Gasteiger partial charge is 0.229 e. The molecule has 0 radical (unpaired) electrons. The summed E-state index contributed by atoms with van der Waals surface area (Å²) < 4.78 is 9.44. The van der Waals surface area contributed by atoms with Crippen molar-refractivity contribution in [3.8, 4) is 0 Å². The highest BCUT2D eigenvalue weighted by Gasteiger charge is 2.65. The molecule has 1 aromatic heterocycles. The molecule has 250 valence electrons. The van der Waals surface area contributed by atoms with Crippen molar-refractivity contribution in [1.82, 2.24) is 0 Å². The van der Waals surface area contributed by atoms with Crippen LogP contribution in [0, 0.1) is 5.41 Å². The van der Waals surface area contributed by atoms with E-state index in [1.807, 2.05) is 18.2 Å². The minimum Gasteiger partial charge on any atom is -0.229 e. The van der Waals surface area contributed by atoms with E-state index in [1.54, 1.807) is 0 Å². The molecule has 2 bridgehead atoms. The van der Waals surface area contributed by atoms with Crippen LogP contribution in [0.3, 0.4) is 0 Å². The van der Waals surface area contributed by atoms with Crippen LogP contribution >= 0.6 is 0 Å². The SMILES string of the molecule is CC(C)(C)C.CC(C)(C)[N+]12CC[N+](C)(C1)C2.CC(C)(C)[N+]1=CC=CC1.CC(C)(C)[N+]1=CCC=C1.CC(C)(C)[n+]1ccccc1. The average Bonchev–Trinajstić information content (AvgIpc) is 3.61. The summed E-state index contributed by atoms with van der Waals surface area (Å²) in [4.78, 5) is 0. The Balaban J connectivity index is 0.000000280. The molecule has 0 unspecified atom stereocenters. The number of hydrogen-bond acceptors (Lipinski definition) is 0. The van der Waals surface area contributed by atoms with Crippen LogP contribution in [0.5, 0.6) is 0 Å². The van der Waals surface area contributed by atoms with Gasteiger partial charge in [-0.05, 0) is 59.1 Å². The van der Waals surface area contributed by atoms with Crippen molar-refractivity contribution in [2.75, 3.05) is 40.0 Å². The number of allylic oxidation sites excluding steroid dienone is 2. The van der Waals surface area contributed by atoms with Crippen molar-refractivity contribution in [3.05, 3.63) is 55.0 Å². The van der Waals surface area contributed by atoms with E-state index < -0.39 is 0 Å². The van der Waals surface area contributed by atoms with Crippen molar-refractivity contribution in [3.63, 3.8) is 0 Å². The van der Waals surface area contributed by atoms with E-state index in [1.165, 1.54) is 35.4 Å². The van der Waals surface area contributed by atoms with Gasteiger partial charge >= 0.3 is 0 Å². The summed E-state index contributed by atoms with van der Waals surface area (Å²) in [6, 6.07) is 6.12. The van der Waals surface area contributed by atoms with Crippen LogP contribution in [-0.2, 0) is 5.54 Å². The Bertz CT molecular complexity index is 1120. The van der Waals surface area contributed by atoms with Gasteiger partial charge in [-0.2, -0.15) is 0 Å². The molecule has 5 heteroatoms. The number of pyridine rings is 1. The lowest BCUT2D eigenvalue weighted by Crippen LogP contribution is -2.74. The van der Waals surface area contributed by atoms with Crippen LogP contribution in [0.15, 0.2) is 55.0 Å². The zero-order valence-corrected chi connectivity index (χ0v) is 32.3. The topological polar surface area (TPSA) is 9.90 Å². The molecule has 0 N–H and O–H groups in total. The first kappa shape index (κ1) is 39.9. The van der Waals surface area contributed by atoms with Gasteiger partial charge in [-0.25, -0.2) is 22.7 Å². The van der Waals surface area contributed by atoms with E-state index >= 15 is 0 Å². The molecule has 6 heterocycles. The summed E-state index contributed by atoms with van der Waals surface area (Å²) in [6.45, 7) is 42.4. The van der Waals surface area contributed by atoms with Gasteiger partial charge < -0.3 is 0 Å². The second-order valence-electron chi connectivity index (χ2n) is 18.9. The number of likely N-dealkylation sites (N-methyl/N-ethyl adjacent to an activating group) is 1. The lowest BCUT2D eigenvalue weighted by molar-refractivity contribution is -1.23. The molecule has 1 aromatic rings. The molecule has 5 aliphatic rings. The fourth-order valence-corrected chi connectivity index (χ4v) is 5.39. The second kappa shape index (κ2) is 15.0. The molecule has 44 heavy (non-hydrogen) atoms. The molecule has 0 aromatic carbocycles. The van der Waals surface area contributed by atoms with Crippen LogP contribution in [0.1, 0.15) is 117 Å². The molecule has 0 saturated carbocycles. The molecule has 6 rings (SSSR count). The molecule has 3 saturated heterocycles. The van der Waals surface area contributed by atoms with Crippen LogP contribution in [0.25, 0.3) is 0 Å². The number of aromatic nitrogens is 1. The van der Waals surface area contributed by atoms with E-state index in [-0.39, 0.29) is 11.1 Å². The number of nitrogens with zero attached hydrogens (tertiary/aromatic N) is 5. The second-order valence-corrected chi connectivity index (χ2v) is 18.9. The first-order valence-corrected chi connectivity index (χ1v) is 16.9. The molecular weight excluding hydrogens is 538 g/mol. The van der Waals surface area contributed by atoms with Gasteiger partial charge in [0.25, 0.3) is 0 Å². The maximum Gasteiger partial charge on any atom is 0.216 e. The first-order valence-electron chi connectivity index (χ1n) is 16.9. The van der Waals surface area contributed by atoms with Crippen molar-refractivity contribution >= 4 is 12.4 Å². The van der Waals surface area contributed by atoms with Crippen LogP contribution < -0.4 is 4.57 Å². The van der Waals surface area contributed by atoms with E-state index in [4.69, 9.17) is 0 Å². The maximum atomic E-state index is 2.38. The van der Waals surface area contributed by atoms with Crippen molar-refractivity contribution < 1.29 is 22.7 Å². The van der Waals surface area contributed by atoms with Gasteiger partial charge in [0.1, 0.15) is 19.3 Å². The van der Waals surface area contributed by atoms with Crippen LogP contribution in [0.2, 0.25) is 0 Å². The van der Waals surface area contributed by atoms with Gasteiger partial charge in [-0.1, -0.05) is 33.8 Å². The van der Waals surface area contributed by atoms with Gasteiger partial charge in [0.2, 0.25) is 13.3 Å². The van der Waals surface area contributed by atoms with Crippen LogP contribution in [0.4, 0.5) is 0 Å². The molecule has 3 fully saturated rings. The van der Waals surface area contributed by atoms with Gasteiger partial charge in [0.15, 0.2) is 48.0 Å². The van der Waals surface area contributed by atoms with Gasteiger partial charge in [0.05, 0.1) is 12.6 Å². The summed E-state index contributed by atoms with van der Waals surface area (Å²) >= 11 is 0. The smallest absolute Gasteiger partial charge is 0.216 e. The third-order valence-electron chi connectivity index (χ3n) is 8.25. The zero-order valence-electron chi connectivity index (χ0n) is 32.3. The Morgan fingerprint density at radius 1 is 0.614 bits per heavy atom. The Kier molecular flexibility index (Phi) is 13.6. The fraction of sp³-hybridized carbons (Fsp3) is 0.718. The third kappa shape index (κ3) is 13.9. The standard InChI is InChI=1S/C9H20N2.C9H14N.2C8H14N.C5H12/c1-9(2,3)11-6-5-10(4,7-11)8-11;1-9(2,3)10-7-5-4-6-8-10;2*1-8(2,3)9-6-4-5-7-9;1-5(2,3)4/h5-8H2,1-4H3;4-8H,1-3H3;4,6-7H,5H2,1-3H3;4-6H,7H2,1-3H3;1-4H3/q+2;3*+1;. The Morgan fingerprint density at radius 2 is 1.14 bits per heavy atom. The van der Waals surface area contributed by atoms with Gasteiger partial charge in [-0.3, -0.25) is 0 Å². The number of hydrogen-bond donors (Lipinski definition) is 0. The molecule has 5 aliphatic heterocycles. The van der Waals surface area contributed by atoms with E-state index in [0.29, 0.717) is 16.5 Å². The molecule has 0 amide bonds. The van der Waals surface area contributed by atoms with Crippen molar-refractivity contribution in [2.45, 2.75) is 139 Å². The Labute approximate surface area is 274 Å². The maximum absolute atomic E-state index is 2.38. The third-order valence-corrected chi connectivity index (χ3v) is 8.25. The quantitative estimate of drug-likeness (QED) is 0.208. The summed E-state index contributed by atoms with van der Waals surface area (Å²) in [5.74, 6) is 0. The van der Waals surface area contributed by atoms with Crippen LogP contribution in [-0.4, -0.2) is 87.2 Å². The van der Waals surface area contributed by atoms with Crippen molar-refractivity contribution in [1.29, 1.82) is 0 Å². The predicted molar refractivity (Wildman–Crippen MR) is 192 cm³/mol.